The molecule has 3 heteroatoms. The van der Waals surface area contributed by atoms with Gasteiger partial charge in [-0.1, -0.05) is 20.3 Å². The quantitative estimate of drug-likeness (QED) is 0.617. The molecule has 2 atom stereocenters. The molecule has 80 valence electrons. The summed E-state index contributed by atoms with van der Waals surface area (Å²) in [5.74, 6) is 0.569. The lowest BCUT2D eigenvalue weighted by Crippen LogP contribution is -2.44. The summed E-state index contributed by atoms with van der Waals surface area (Å²) >= 11 is 0. The van der Waals surface area contributed by atoms with Gasteiger partial charge in [-0.15, -0.1) is 0 Å². The molecule has 2 unspecified atom stereocenters. The Hall–Kier alpha value is -0.120. The Kier molecular flexibility index (Phi) is 7.23. The minimum Gasteiger partial charge on any atom is -0.354 e. The maximum absolute atomic E-state index is 5.24. The molecule has 0 saturated carbocycles. The van der Waals surface area contributed by atoms with Crippen molar-refractivity contribution < 1.29 is 9.47 Å². The highest BCUT2D eigenvalue weighted by Gasteiger charge is 2.24. The molecule has 0 heterocycles. The fraction of sp³-hybridized carbons (Fsp3) is 1.00. The number of hydrogen-bond donors (Lipinski definition) is 1. The van der Waals surface area contributed by atoms with Crippen LogP contribution < -0.4 is 5.32 Å². The highest BCUT2D eigenvalue weighted by atomic mass is 16.7. The molecule has 3 nitrogen and oxygen atoms in total. The molecule has 0 aliphatic rings. The topological polar surface area (TPSA) is 30.5 Å². The molecule has 13 heavy (non-hydrogen) atoms. The zero-order valence-corrected chi connectivity index (χ0v) is 9.46. The number of likely N-dealkylation sites (N-methyl/N-ethyl adjacent to an activating group) is 1. The molecule has 0 aliphatic heterocycles. The molecule has 0 amide bonds. The molecule has 0 spiro atoms. The highest BCUT2D eigenvalue weighted by molar-refractivity contribution is 4.74. The van der Waals surface area contributed by atoms with Crippen LogP contribution >= 0.6 is 0 Å². The number of hydrogen-bond acceptors (Lipinski definition) is 3. The van der Waals surface area contributed by atoms with Gasteiger partial charge in [-0.3, -0.25) is 0 Å². The summed E-state index contributed by atoms with van der Waals surface area (Å²) < 4.78 is 10.5. The van der Waals surface area contributed by atoms with Gasteiger partial charge in [-0.05, 0) is 19.4 Å². The van der Waals surface area contributed by atoms with Crippen molar-refractivity contribution in [3.05, 3.63) is 0 Å². The Morgan fingerprint density at radius 2 is 1.77 bits per heavy atom. The van der Waals surface area contributed by atoms with Crippen molar-refractivity contribution in [2.45, 2.75) is 39.0 Å². The predicted octanol–water partition coefficient (Wildman–Crippen LogP) is 1.63. The van der Waals surface area contributed by atoms with E-state index in [-0.39, 0.29) is 12.3 Å². The monoisotopic (exact) mass is 189 g/mol. The van der Waals surface area contributed by atoms with Gasteiger partial charge in [0.2, 0.25) is 0 Å². The summed E-state index contributed by atoms with van der Waals surface area (Å²) in [7, 11) is 5.30. The predicted molar refractivity (Wildman–Crippen MR) is 54.7 cm³/mol. The zero-order valence-electron chi connectivity index (χ0n) is 9.46. The SMILES string of the molecule is CCCC(C)C(NC)C(OC)OC. The van der Waals surface area contributed by atoms with Gasteiger partial charge in [0.25, 0.3) is 0 Å². The first-order valence-electron chi connectivity index (χ1n) is 4.94. The third-order valence-corrected chi connectivity index (χ3v) is 2.45. The van der Waals surface area contributed by atoms with Crippen molar-refractivity contribution in [3.8, 4) is 0 Å². The number of methoxy groups -OCH3 is 2. The van der Waals surface area contributed by atoms with Crippen LogP contribution in [0.4, 0.5) is 0 Å². The van der Waals surface area contributed by atoms with E-state index < -0.39 is 0 Å². The van der Waals surface area contributed by atoms with Gasteiger partial charge >= 0.3 is 0 Å². The lowest BCUT2D eigenvalue weighted by atomic mass is 9.96. The molecule has 0 rings (SSSR count). The van der Waals surface area contributed by atoms with Crippen LogP contribution in [0.1, 0.15) is 26.7 Å². The fourth-order valence-corrected chi connectivity index (χ4v) is 1.71. The minimum atomic E-state index is -0.147. The summed E-state index contributed by atoms with van der Waals surface area (Å²) in [6.07, 6.45) is 2.24. The van der Waals surface area contributed by atoms with Crippen LogP contribution in [0.25, 0.3) is 0 Å². The van der Waals surface area contributed by atoms with E-state index in [9.17, 15) is 0 Å². The van der Waals surface area contributed by atoms with Gasteiger partial charge in [-0.25, -0.2) is 0 Å². The lowest BCUT2D eigenvalue weighted by Gasteiger charge is -2.29. The van der Waals surface area contributed by atoms with Gasteiger partial charge in [0.15, 0.2) is 6.29 Å². The average Bonchev–Trinajstić information content (AvgIpc) is 2.14. The molecule has 0 aliphatic carbocycles. The summed E-state index contributed by atoms with van der Waals surface area (Å²) in [6.45, 7) is 4.41. The van der Waals surface area contributed by atoms with Crippen molar-refractivity contribution >= 4 is 0 Å². The number of ether oxygens (including phenoxy) is 2. The normalized spacial score (nSPS) is 16.2. The van der Waals surface area contributed by atoms with Crippen molar-refractivity contribution in [1.82, 2.24) is 5.32 Å². The van der Waals surface area contributed by atoms with E-state index in [0.717, 1.165) is 0 Å². The van der Waals surface area contributed by atoms with Crippen LogP contribution in [-0.2, 0) is 9.47 Å². The first-order valence-corrected chi connectivity index (χ1v) is 4.94. The van der Waals surface area contributed by atoms with E-state index >= 15 is 0 Å². The maximum Gasteiger partial charge on any atom is 0.172 e. The zero-order chi connectivity index (χ0) is 10.3. The van der Waals surface area contributed by atoms with Gasteiger partial charge in [0, 0.05) is 14.2 Å². The Bertz CT molecular complexity index is 115. The molecule has 0 saturated heterocycles. The van der Waals surface area contributed by atoms with E-state index in [4.69, 9.17) is 9.47 Å². The van der Waals surface area contributed by atoms with Crippen LogP contribution in [0.2, 0.25) is 0 Å². The summed E-state index contributed by atoms with van der Waals surface area (Å²) in [5.41, 5.74) is 0. The molecule has 0 radical (unpaired) electrons. The summed E-state index contributed by atoms with van der Waals surface area (Å²) in [4.78, 5) is 0. The third-order valence-electron chi connectivity index (χ3n) is 2.45. The van der Waals surface area contributed by atoms with E-state index in [1.54, 1.807) is 14.2 Å². The standard InChI is InChI=1S/C10H23NO2/c1-6-7-8(2)9(11-3)10(12-4)13-5/h8-11H,6-7H2,1-5H3. The second-order valence-corrected chi connectivity index (χ2v) is 3.42. The second kappa shape index (κ2) is 7.30. The molecule has 0 aromatic heterocycles. The summed E-state index contributed by atoms with van der Waals surface area (Å²) in [6, 6.07) is 0.273. The molecule has 0 aromatic rings. The second-order valence-electron chi connectivity index (χ2n) is 3.42. The molecular weight excluding hydrogens is 166 g/mol. The van der Waals surface area contributed by atoms with Crippen LogP contribution in [0.5, 0.6) is 0 Å². The van der Waals surface area contributed by atoms with E-state index in [0.29, 0.717) is 5.92 Å². The van der Waals surface area contributed by atoms with E-state index in [1.807, 2.05) is 7.05 Å². The van der Waals surface area contributed by atoms with Crippen LogP contribution in [0.3, 0.4) is 0 Å². The Morgan fingerprint density at radius 1 is 1.23 bits per heavy atom. The minimum absolute atomic E-state index is 0.147. The Morgan fingerprint density at radius 3 is 2.08 bits per heavy atom. The Balaban J connectivity index is 4.11. The first-order chi connectivity index (χ1) is 6.21. The fourth-order valence-electron chi connectivity index (χ4n) is 1.71. The first kappa shape index (κ1) is 12.9. The lowest BCUT2D eigenvalue weighted by molar-refractivity contribution is -0.131. The maximum atomic E-state index is 5.24. The van der Waals surface area contributed by atoms with Crippen LogP contribution in [-0.4, -0.2) is 33.6 Å². The molecule has 0 fully saturated rings. The van der Waals surface area contributed by atoms with Crippen LogP contribution in [0.15, 0.2) is 0 Å². The van der Waals surface area contributed by atoms with Crippen molar-refractivity contribution in [2.24, 2.45) is 5.92 Å². The number of rotatable bonds is 7. The van der Waals surface area contributed by atoms with Crippen molar-refractivity contribution in [2.75, 3.05) is 21.3 Å². The smallest absolute Gasteiger partial charge is 0.172 e. The van der Waals surface area contributed by atoms with Gasteiger partial charge < -0.3 is 14.8 Å². The van der Waals surface area contributed by atoms with Crippen LogP contribution in [0, 0.1) is 5.92 Å². The molecule has 1 N–H and O–H groups in total. The third kappa shape index (κ3) is 4.07. The van der Waals surface area contributed by atoms with Crippen molar-refractivity contribution in [1.29, 1.82) is 0 Å². The largest absolute Gasteiger partial charge is 0.354 e. The molecule has 0 bridgehead atoms. The number of nitrogens with one attached hydrogen (secondary N) is 1. The van der Waals surface area contributed by atoms with E-state index in [2.05, 4.69) is 19.2 Å². The average molecular weight is 189 g/mol. The van der Waals surface area contributed by atoms with Gasteiger partial charge in [-0.2, -0.15) is 0 Å². The van der Waals surface area contributed by atoms with Gasteiger partial charge in [0.1, 0.15) is 0 Å². The molecular formula is C10H23NO2. The Labute approximate surface area is 81.8 Å². The van der Waals surface area contributed by atoms with Crippen molar-refractivity contribution in [3.63, 3.8) is 0 Å². The highest BCUT2D eigenvalue weighted by Crippen LogP contribution is 2.15. The van der Waals surface area contributed by atoms with Gasteiger partial charge in [0.05, 0.1) is 6.04 Å². The molecule has 0 aromatic carbocycles. The summed E-state index contributed by atoms with van der Waals surface area (Å²) in [5, 5.41) is 3.24. The van der Waals surface area contributed by atoms with E-state index in [1.165, 1.54) is 12.8 Å².